The van der Waals surface area contributed by atoms with Gasteiger partial charge in [0.05, 0.1) is 12.2 Å². The zero-order valence-electron chi connectivity index (χ0n) is 14.3. The minimum atomic E-state index is 0.529. The van der Waals surface area contributed by atoms with E-state index in [0.29, 0.717) is 18.4 Å². The van der Waals surface area contributed by atoms with Gasteiger partial charge in [-0.25, -0.2) is 15.0 Å². The van der Waals surface area contributed by atoms with Crippen molar-refractivity contribution >= 4 is 11.9 Å². The summed E-state index contributed by atoms with van der Waals surface area (Å²) in [5.74, 6) is 2.19. The van der Waals surface area contributed by atoms with Gasteiger partial charge < -0.3 is 15.5 Å². The van der Waals surface area contributed by atoms with E-state index >= 15 is 0 Å². The number of hydrogen-bond acceptors (Lipinski definition) is 4. The Morgan fingerprint density at radius 1 is 1.26 bits per heavy atom. The van der Waals surface area contributed by atoms with E-state index in [1.807, 2.05) is 13.0 Å². The number of rotatable bonds is 3. The highest BCUT2D eigenvalue weighted by Crippen LogP contribution is 2.18. The molecule has 1 unspecified atom stereocenters. The van der Waals surface area contributed by atoms with Crippen LogP contribution in [0.3, 0.4) is 0 Å². The van der Waals surface area contributed by atoms with Gasteiger partial charge in [-0.2, -0.15) is 0 Å². The molecule has 3 heterocycles. The molecule has 0 aliphatic carbocycles. The zero-order chi connectivity index (χ0) is 16.2. The molecule has 126 valence electrons. The van der Waals surface area contributed by atoms with Crippen LogP contribution in [0, 0.1) is 12.8 Å². The van der Waals surface area contributed by atoms with E-state index in [-0.39, 0.29) is 0 Å². The Bertz CT molecular complexity index is 564. The summed E-state index contributed by atoms with van der Waals surface area (Å²) in [5.41, 5.74) is 8.13. The second kappa shape index (κ2) is 7.15. The first-order valence-corrected chi connectivity index (χ1v) is 8.76. The standard InChI is InChI=1S/C17H28N6/c1-13-6-5-9-23(12-13)16(18)19-11-15-10-14(2)20-17(21-15)22-7-3-4-8-22/h10,13H,3-9,11-12H2,1-2H3,(H2,18,19). The van der Waals surface area contributed by atoms with Crippen LogP contribution >= 0.6 is 0 Å². The maximum Gasteiger partial charge on any atom is 0.225 e. The molecule has 2 N–H and O–H groups in total. The fourth-order valence-corrected chi connectivity index (χ4v) is 3.42. The van der Waals surface area contributed by atoms with E-state index < -0.39 is 0 Å². The molecule has 1 atom stereocenters. The highest BCUT2D eigenvalue weighted by atomic mass is 15.3. The van der Waals surface area contributed by atoms with Gasteiger partial charge in [-0.1, -0.05) is 6.92 Å². The summed E-state index contributed by atoms with van der Waals surface area (Å²) in [4.78, 5) is 18.3. The van der Waals surface area contributed by atoms with Crippen LogP contribution < -0.4 is 10.6 Å². The fourth-order valence-electron chi connectivity index (χ4n) is 3.42. The molecule has 6 nitrogen and oxygen atoms in total. The Kier molecular flexibility index (Phi) is 4.98. The zero-order valence-corrected chi connectivity index (χ0v) is 14.3. The van der Waals surface area contributed by atoms with Crippen molar-refractivity contribution in [1.29, 1.82) is 0 Å². The summed E-state index contributed by atoms with van der Waals surface area (Å²) in [5, 5.41) is 0. The van der Waals surface area contributed by atoms with Crippen LogP contribution in [0.4, 0.5) is 5.95 Å². The van der Waals surface area contributed by atoms with Gasteiger partial charge in [-0.05, 0) is 44.6 Å². The largest absolute Gasteiger partial charge is 0.370 e. The third-order valence-electron chi connectivity index (χ3n) is 4.67. The normalized spacial score (nSPS) is 22.7. The highest BCUT2D eigenvalue weighted by Gasteiger charge is 2.18. The topological polar surface area (TPSA) is 70.6 Å². The van der Waals surface area contributed by atoms with Gasteiger partial charge in [0.25, 0.3) is 0 Å². The minimum absolute atomic E-state index is 0.529. The molecule has 1 aromatic heterocycles. The maximum atomic E-state index is 6.18. The summed E-state index contributed by atoms with van der Waals surface area (Å²) in [6.45, 7) is 8.96. The third-order valence-corrected chi connectivity index (χ3v) is 4.67. The van der Waals surface area contributed by atoms with Crippen LogP contribution in [0.2, 0.25) is 0 Å². The van der Waals surface area contributed by atoms with Gasteiger partial charge in [0.15, 0.2) is 5.96 Å². The van der Waals surface area contributed by atoms with E-state index in [9.17, 15) is 0 Å². The molecule has 6 heteroatoms. The van der Waals surface area contributed by atoms with Crippen molar-refractivity contribution in [2.75, 3.05) is 31.1 Å². The number of aryl methyl sites for hydroxylation is 1. The summed E-state index contributed by atoms with van der Waals surface area (Å²) < 4.78 is 0. The Morgan fingerprint density at radius 3 is 2.78 bits per heavy atom. The van der Waals surface area contributed by atoms with E-state index in [2.05, 4.69) is 31.7 Å². The number of hydrogen-bond donors (Lipinski definition) is 1. The quantitative estimate of drug-likeness (QED) is 0.681. The molecule has 0 aromatic carbocycles. The van der Waals surface area contributed by atoms with Crippen LogP contribution in [-0.4, -0.2) is 47.0 Å². The van der Waals surface area contributed by atoms with Crippen molar-refractivity contribution in [2.45, 2.75) is 46.1 Å². The molecule has 2 aliphatic heterocycles. The molecular formula is C17H28N6. The molecule has 1 aromatic rings. The second-order valence-electron chi connectivity index (χ2n) is 6.86. The van der Waals surface area contributed by atoms with E-state index in [0.717, 1.165) is 43.5 Å². The van der Waals surface area contributed by atoms with Crippen LogP contribution in [0.5, 0.6) is 0 Å². The van der Waals surface area contributed by atoms with Crippen LogP contribution in [0.15, 0.2) is 11.1 Å². The number of aromatic nitrogens is 2. The van der Waals surface area contributed by atoms with Crippen molar-refractivity contribution in [2.24, 2.45) is 16.6 Å². The lowest BCUT2D eigenvalue weighted by Crippen LogP contribution is -2.43. The van der Waals surface area contributed by atoms with E-state index in [1.165, 1.54) is 25.7 Å². The number of guanidine groups is 1. The van der Waals surface area contributed by atoms with Crippen LogP contribution in [0.25, 0.3) is 0 Å². The molecule has 0 spiro atoms. The minimum Gasteiger partial charge on any atom is -0.370 e. The maximum absolute atomic E-state index is 6.18. The van der Waals surface area contributed by atoms with Gasteiger partial charge in [0.1, 0.15) is 0 Å². The smallest absolute Gasteiger partial charge is 0.225 e. The molecule has 3 rings (SSSR count). The van der Waals surface area contributed by atoms with Crippen LogP contribution in [0.1, 0.15) is 44.0 Å². The van der Waals surface area contributed by atoms with Crippen molar-refractivity contribution in [3.63, 3.8) is 0 Å². The lowest BCUT2D eigenvalue weighted by atomic mass is 10.0. The molecule has 2 fully saturated rings. The fraction of sp³-hybridized carbons (Fsp3) is 0.706. The molecular weight excluding hydrogens is 288 g/mol. The monoisotopic (exact) mass is 316 g/mol. The second-order valence-corrected chi connectivity index (χ2v) is 6.86. The number of aliphatic imine (C=N–C) groups is 1. The Hall–Kier alpha value is -1.85. The van der Waals surface area contributed by atoms with Gasteiger partial charge in [0.2, 0.25) is 5.95 Å². The van der Waals surface area contributed by atoms with Gasteiger partial charge >= 0.3 is 0 Å². The van der Waals surface area contributed by atoms with E-state index in [1.54, 1.807) is 0 Å². The van der Waals surface area contributed by atoms with Crippen molar-refractivity contribution < 1.29 is 0 Å². The lowest BCUT2D eigenvalue weighted by Gasteiger charge is -2.31. The Morgan fingerprint density at radius 2 is 2.04 bits per heavy atom. The Labute approximate surface area is 138 Å². The predicted molar refractivity (Wildman–Crippen MR) is 93.5 cm³/mol. The molecule has 2 aliphatic rings. The van der Waals surface area contributed by atoms with Gasteiger partial charge in [0, 0.05) is 31.9 Å². The molecule has 0 amide bonds. The molecule has 0 saturated carbocycles. The summed E-state index contributed by atoms with van der Waals surface area (Å²) >= 11 is 0. The van der Waals surface area contributed by atoms with Gasteiger partial charge in [-0.3, -0.25) is 0 Å². The number of piperidine rings is 1. The number of likely N-dealkylation sites (tertiary alicyclic amines) is 1. The first-order chi connectivity index (χ1) is 11.1. The number of nitrogens with two attached hydrogens (primary N) is 1. The number of anilines is 1. The first-order valence-electron chi connectivity index (χ1n) is 8.76. The van der Waals surface area contributed by atoms with E-state index in [4.69, 9.17) is 5.73 Å². The molecule has 23 heavy (non-hydrogen) atoms. The summed E-state index contributed by atoms with van der Waals surface area (Å²) in [6, 6.07) is 2.01. The predicted octanol–water partition coefficient (Wildman–Crippen LogP) is 1.93. The SMILES string of the molecule is Cc1cc(CN=C(N)N2CCCC(C)C2)nc(N2CCCC2)n1. The third kappa shape index (κ3) is 4.12. The lowest BCUT2D eigenvalue weighted by molar-refractivity contribution is 0.270. The number of nitrogens with zero attached hydrogens (tertiary/aromatic N) is 5. The summed E-state index contributed by atoms with van der Waals surface area (Å²) in [7, 11) is 0. The average molecular weight is 316 g/mol. The molecule has 0 radical (unpaired) electrons. The van der Waals surface area contributed by atoms with Crippen molar-refractivity contribution in [1.82, 2.24) is 14.9 Å². The van der Waals surface area contributed by atoms with Gasteiger partial charge in [-0.15, -0.1) is 0 Å². The Balaban J connectivity index is 1.68. The first kappa shape index (κ1) is 16.0. The molecule has 0 bridgehead atoms. The average Bonchev–Trinajstić information content (AvgIpc) is 3.06. The highest BCUT2D eigenvalue weighted by molar-refractivity contribution is 5.78. The van der Waals surface area contributed by atoms with Crippen LogP contribution in [-0.2, 0) is 6.54 Å². The summed E-state index contributed by atoms with van der Waals surface area (Å²) in [6.07, 6.45) is 4.94. The van der Waals surface area contributed by atoms with Crippen molar-refractivity contribution in [3.8, 4) is 0 Å². The molecule has 2 saturated heterocycles. The van der Waals surface area contributed by atoms with Crippen molar-refractivity contribution in [3.05, 3.63) is 17.5 Å².